The van der Waals surface area contributed by atoms with Crippen molar-refractivity contribution in [3.63, 3.8) is 0 Å². The van der Waals surface area contributed by atoms with Crippen molar-refractivity contribution in [1.82, 2.24) is 14.8 Å². The molecule has 0 spiro atoms. The Bertz CT molecular complexity index is 736. The van der Waals surface area contributed by atoms with Crippen LogP contribution in [-0.2, 0) is 23.2 Å². The molecule has 1 fully saturated rings. The number of aromatic nitrogens is 3. The number of benzene rings is 1. The van der Waals surface area contributed by atoms with Gasteiger partial charge in [-0.25, -0.2) is 9.67 Å². The van der Waals surface area contributed by atoms with Crippen molar-refractivity contribution in [3.05, 3.63) is 47.5 Å². The zero-order valence-corrected chi connectivity index (χ0v) is 15.4. The molecule has 6 nitrogen and oxygen atoms in total. The van der Waals surface area contributed by atoms with Gasteiger partial charge < -0.3 is 10.8 Å². The summed E-state index contributed by atoms with van der Waals surface area (Å²) in [7, 11) is 0. The van der Waals surface area contributed by atoms with Crippen molar-refractivity contribution >= 4 is 5.91 Å². The minimum atomic E-state index is -0.492. The largest absolute Gasteiger partial charge is 0.391 e. The number of primary amides is 1. The maximum atomic E-state index is 11.4. The fourth-order valence-corrected chi connectivity index (χ4v) is 3.98. The first kappa shape index (κ1) is 18.6. The van der Waals surface area contributed by atoms with Crippen molar-refractivity contribution in [1.29, 1.82) is 0 Å². The molecule has 0 radical (unpaired) electrons. The Morgan fingerprint density at radius 2 is 1.96 bits per heavy atom. The van der Waals surface area contributed by atoms with Gasteiger partial charge in [0.25, 0.3) is 0 Å². The minimum Gasteiger partial charge on any atom is -0.391 e. The maximum Gasteiger partial charge on any atom is 0.225 e. The van der Waals surface area contributed by atoms with Gasteiger partial charge in [-0.3, -0.25) is 4.79 Å². The van der Waals surface area contributed by atoms with Crippen molar-refractivity contribution in [2.75, 3.05) is 0 Å². The van der Waals surface area contributed by atoms with Gasteiger partial charge >= 0.3 is 0 Å². The van der Waals surface area contributed by atoms with Gasteiger partial charge in [0.2, 0.25) is 5.91 Å². The number of amides is 1. The Morgan fingerprint density at radius 1 is 1.27 bits per heavy atom. The van der Waals surface area contributed by atoms with Gasteiger partial charge in [0.05, 0.1) is 24.5 Å². The molecular weight excluding hydrogens is 328 g/mol. The molecule has 0 bridgehead atoms. The maximum absolute atomic E-state index is 11.4. The number of aliphatic hydroxyl groups is 1. The van der Waals surface area contributed by atoms with Crippen LogP contribution in [-0.4, -0.2) is 31.9 Å². The van der Waals surface area contributed by atoms with Crippen LogP contribution in [0.5, 0.6) is 0 Å². The lowest BCUT2D eigenvalue weighted by atomic mass is 9.68. The fraction of sp³-hybridized carbons (Fsp3) is 0.550. The third kappa shape index (κ3) is 3.80. The van der Waals surface area contributed by atoms with Gasteiger partial charge in [-0.15, -0.1) is 0 Å². The van der Waals surface area contributed by atoms with E-state index in [9.17, 15) is 9.90 Å². The lowest BCUT2D eigenvalue weighted by Gasteiger charge is -2.37. The summed E-state index contributed by atoms with van der Waals surface area (Å²) in [5.41, 5.74) is 6.36. The van der Waals surface area contributed by atoms with Gasteiger partial charge in [-0.05, 0) is 24.8 Å². The van der Waals surface area contributed by atoms with Gasteiger partial charge in [-0.2, -0.15) is 5.10 Å². The molecule has 1 aliphatic rings. The Kier molecular flexibility index (Phi) is 5.71. The number of carbonyl (C=O) groups excluding carboxylic acids is 1. The van der Waals surface area contributed by atoms with E-state index in [2.05, 4.69) is 29.4 Å². The monoisotopic (exact) mass is 356 g/mol. The summed E-state index contributed by atoms with van der Waals surface area (Å²) in [4.78, 5) is 16.1. The molecule has 1 heterocycles. The standard InChI is InChI=1S/C20H28N4O2/c1-2-16(25)14-24-19(22-18(23-24)13-17(21)26)20(11-7-4-8-12-20)15-9-5-3-6-10-15/h3,5-6,9-10,16,25H,2,4,7-8,11-14H2,1H3,(H2,21,26). The van der Waals surface area contributed by atoms with E-state index >= 15 is 0 Å². The van der Waals surface area contributed by atoms with Gasteiger partial charge in [-0.1, -0.05) is 56.5 Å². The summed E-state index contributed by atoms with van der Waals surface area (Å²) in [6.07, 6.45) is 5.63. The topological polar surface area (TPSA) is 94.0 Å². The van der Waals surface area contributed by atoms with Crippen LogP contribution in [0, 0.1) is 0 Å². The van der Waals surface area contributed by atoms with Crippen LogP contribution in [0.3, 0.4) is 0 Å². The third-order valence-corrected chi connectivity index (χ3v) is 5.36. The van der Waals surface area contributed by atoms with E-state index < -0.39 is 12.0 Å². The van der Waals surface area contributed by atoms with Crippen molar-refractivity contribution in [2.45, 2.75) is 69.9 Å². The predicted molar refractivity (Wildman–Crippen MR) is 99.5 cm³/mol. The van der Waals surface area contributed by atoms with Crippen molar-refractivity contribution in [2.24, 2.45) is 5.73 Å². The van der Waals surface area contributed by atoms with Crippen LogP contribution in [0.4, 0.5) is 0 Å². The van der Waals surface area contributed by atoms with Gasteiger partial charge in [0, 0.05) is 0 Å². The van der Waals surface area contributed by atoms with E-state index in [0.29, 0.717) is 18.8 Å². The van der Waals surface area contributed by atoms with Gasteiger partial charge in [0.15, 0.2) is 5.82 Å². The zero-order chi connectivity index (χ0) is 18.6. The molecule has 1 unspecified atom stereocenters. The van der Waals surface area contributed by atoms with Crippen molar-refractivity contribution in [3.8, 4) is 0 Å². The molecule has 26 heavy (non-hydrogen) atoms. The van der Waals surface area contributed by atoms with Crippen LogP contribution in [0.2, 0.25) is 0 Å². The highest BCUT2D eigenvalue weighted by molar-refractivity contribution is 5.75. The quantitative estimate of drug-likeness (QED) is 0.796. The van der Waals surface area contributed by atoms with Crippen LogP contribution in [0.25, 0.3) is 0 Å². The second-order valence-electron chi connectivity index (χ2n) is 7.25. The Hall–Kier alpha value is -2.21. The molecular formula is C20H28N4O2. The first-order valence-corrected chi connectivity index (χ1v) is 9.51. The van der Waals surface area contributed by atoms with Crippen LogP contribution in [0.1, 0.15) is 62.7 Å². The molecule has 1 aromatic heterocycles. The summed E-state index contributed by atoms with van der Waals surface area (Å²) in [6, 6.07) is 10.4. The smallest absolute Gasteiger partial charge is 0.225 e. The highest BCUT2D eigenvalue weighted by atomic mass is 16.3. The summed E-state index contributed by atoms with van der Waals surface area (Å²) in [5, 5.41) is 14.7. The Labute approximate surface area is 154 Å². The summed E-state index contributed by atoms with van der Waals surface area (Å²) in [5.74, 6) is 0.853. The average Bonchev–Trinajstić information content (AvgIpc) is 3.04. The summed E-state index contributed by atoms with van der Waals surface area (Å²) >= 11 is 0. The van der Waals surface area contributed by atoms with E-state index in [1.807, 2.05) is 17.7 Å². The second-order valence-corrected chi connectivity index (χ2v) is 7.25. The molecule has 1 amide bonds. The molecule has 6 heteroatoms. The average molecular weight is 356 g/mol. The number of nitrogens with two attached hydrogens (primary N) is 1. The lowest BCUT2D eigenvalue weighted by Crippen LogP contribution is -2.35. The van der Waals surface area contributed by atoms with Crippen LogP contribution in [0.15, 0.2) is 30.3 Å². The van der Waals surface area contributed by atoms with E-state index in [1.54, 1.807) is 0 Å². The number of nitrogens with zero attached hydrogens (tertiary/aromatic N) is 3. The molecule has 1 aromatic carbocycles. The molecule has 0 saturated heterocycles. The Balaban J connectivity index is 2.10. The number of hydrogen-bond acceptors (Lipinski definition) is 4. The van der Waals surface area contributed by atoms with E-state index in [0.717, 1.165) is 31.5 Å². The molecule has 3 N–H and O–H groups in total. The molecule has 140 valence electrons. The first-order chi connectivity index (χ1) is 12.5. The van der Waals surface area contributed by atoms with E-state index in [1.165, 1.54) is 12.0 Å². The fourth-order valence-electron chi connectivity index (χ4n) is 3.98. The SMILES string of the molecule is CCC(O)Cn1nc(CC(N)=O)nc1C1(c2ccccc2)CCCCC1. The second kappa shape index (κ2) is 7.99. The molecule has 0 aliphatic heterocycles. The van der Waals surface area contributed by atoms with Crippen molar-refractivity contribution < 1.29 is 9.90 Å². The molecule has 1 atom stereocenters. The number of rotatable bonds is 7. The molecule has 1 saturated carbocycles. The first-order valence-electron chi connectivity index (χ1n) is 9.51. The van der Waals surface area contributed by atoms with Crippen LogP contribution < -0.4 is 5.73 Å². The molecule has 2 aromatic rings. The van der Waals surface area contributed by atoms with E-state index in [4.69, 9.17) is 10.7 Å². The predicted octanol–water partition coefficient (Wildman–Crippen LogP) is 2.33. The highest BCUT2D eigenvalue weighted by Gasteiger charge is 2.40. The third-order valence-electron chi connectivity index (χ3n) is 5.36. The summed E-state index contributed by atoms with van der Waals surface area (Å²) in [6.45, 7) is 2.32. The lowest BCUT2D eigenvalue weighted by molar-refractivity contribution is -0.117. The zero-order valence-electron chi connectivity index (χ0n) is 15.4. The number of aliphatic hydroxyl groups excluding tert-OH is 1. The number of hydrogen-bond donors (Lipinski definition) is 2. The molecule has 3 rings (SSSR count). The normalized spacial score (nSPS) is 17.8. The van der Waals surface area contributed by atoms with Crippen LogP contribution >= 0.6 is 0 Å². The van der Waals surface area contributed by atoms with E-state index in [-0.39, 0.29) is 11.8 Å². The Morgan fingerprint density at radius 3 is 2.58 bits per heavy atom. The molecule has 1 aliphatic carbocycles. The van der Waals surface area contributed by atoms with Gasteiger partial charge in [0.1, 0.15) is 5.82 Å². The number of carbonyl (C=O) groups is 1. The summed E-state index contributed by atoms with van der Waals surface area (Å²) < 4.78 is 1.81. The highest BCUT2D eigenvalue weighted by Crippen LogP contribution is 2.44. The minimum absolute atomic E-state index is 0.0209.